The van der Waals surface area contributed by atoms with Gasteiger partial charge in [-0.1, -0.05) is 41.5 Å². The Labute approximate surface area is 406 Å². The first-order chi connectivity index (χ1) is 31.9. The number of esters is 1. The zero-order valence-electron chi connectivity index (χ0n) is 42.3. The van der Waals surface area contributed by atoms with Crippen molar-refractivity contribution in [1.29, 1.82) is 0 Å². The van der Waals surface area contributed by atoms with Gasteiger partial charge in [0.25, 0.3) is 0 Å². The lowest BCUT2D eigenvalue weighted by Gasteiger charge is -2.73. The molecule has 4 saturated heterocycles. The van der Waals surface area contributed by atoms with Crippen molar-refractivity contribution in [1.82, 2.24) is 0 Å². The van der Waals surface area contributed by atoms with Crippen LogP contribution in [0, 0.1) is 44.8 Å². The van der Waals surface area contributed by atoms with E-state index in [1.54, 1.807) is 13.8 Å². The Kier molecular flexibility index (Phi) is 14.5. The van der Waals surface area contributed by atoms with Crippen LogP contribution < -0.4 is 0 Å². The number of ether oxygens (including phenoxy) is 8. The predicted octanol–water partition coefficient (Wildman–Crippen LogP) is 0.783. The quantitative estimate of drug-likeness (QED) is 0.107. The molecule has 4 aliphatic carbocycles. The molecule has 10 N–H and O–H groups in total. The molecule has 0 unspecified atom stereocenters. The molecule has 8 rings (SSSR count). The summed E-state index contributed by atoms with van der Waals surface area (Å²) in [6, 6.07) is 0. The van der Waals surface area contributed by atoms with Crippen molar-refractivity contribution in [3.63, 3.8) is 0 Å². The summed E-state index contributed by atoms with van der Waals surface area (Å²) >= 11 is 0. The van der Waals surface area contributed by atoms with Gasteiger partial charge in [0.15, 0.2) is 25.0 Å². The summed E-state index contributed by atoms with van der Waals surface area (Å²) in [5, 5.41) is 111. The van der Waals surface area contributed by atoms with Crippen molar-refractivity contribution in [3.05, 3.63) is 0 Å². The number of hydrogen-bond donors (Lipinski definition) is 10. The lowest BCUT2D eigenvalue weighted by atomic mass is 9.32. The fourth-order valence-electron chi connectivity index (χ4n) is 16.2. The topological polar surface area (TPSA) is 293 Å². The molecule has 0 spiro atoms. The molecule has 69 heavy (non-hydrogen) atoms. The van der Waals surface area contributed by atoms with Crippen LogP contribution >= 0.6 is 0 Å². The monoisotopic (exact) mass is 989 g/mol. The summed E-state index contributed by atoms with van der Waals surface area (Å²) < 4.78 is 50.4. The minimum atomic E-state index is -1.73. The van der Waals surface area contributed by atoms with Crippen molar-refractivity contribution in [2.24, 2.45) is 44.8 Å². The fraction of sp³-hybridized carbons (Fsp3) is 0.980. The van der Waals surface area contributed by atoms with Gasteiger partial charge in [0, 0.05) is 12.8 Å². The summed E-state index contributed by atoms with van der Waals surface area (Å²) in [6.45, 7) is 20.8. The second-order valence-corrected chi connectivity index (χ2v) is 24.8. The highest BCUT2D eigenvalue weighted by Crippen LogP contribution is 2.79. The highest BCUT2D eigenvalue weighted by atomic mass is 16.8. The molecule has 19 heteroatoms. The van der Waals surface area contributed by atoms with Crippen LogP contribution in [-0.4, -0.2) is 192 Å². The number of rotatable bonds is 10. The first-order valence-corrected chi connectivity index (χ1v) is 25.4. The van der Waals surface area contributed by atoms with Gasteiger partial charge in [0.2, 0.25) is 0 Å². The third kappa shape index (κ3) is 8.58. The Morgan fingerprint density at radius 1 is 0.667 bits per heavy atom. The molecule has 4 aliphatic heterocycles. The average molecular weight is 989 g/mol. The summed E-state index contributed by atoms with van der Waals surface area (Å²) in [6.07, 6.45) is -17.9. The molecule has 26 atom stereocenters. The molecular weight excluding hydrogens is 905 g/mol. The largest absolute Gasteiger partial charge is 0.457 e. The molecule has 0 radical (unpaired) electrons. The standard InChI is InChI=1S/C50H84O19/c1-22-31(54)34(57)36(59)41(63-22)68-38-33(56)27(64-23(2)52)21-62-43(38)67-29-12-14-47(8)40(44(29,3)4)25(65-42-37(60)35(58)32(55)26(20-51)66-42)18-28-46(47,7)16-17-48(9)39(24(53)19-49(28,48)10)50(11)15-13-30(69-50)45(5,6)61/h22,24-43,51,53-61H,12-21H2,1-11H3/t22-,24-,25-,26+,27+,28+,29-,30-,31-,32+,33-,34+,35-,36+,37+,38+,39-,40-,41-,42+,43-,46+,47-,48+,49-,50+/m0/s1. The van der Waals surface area contributed by atoms with Crippen molar-refractivity contribution >= 4 is 5.97 Å². The van der Waals surface area contributed by atoms with Crippen LogP contribution in [-0.2, 0) is 42.7 Å². The maximum absolute atomic E-state index is 12.4. The number of hydrogen-bond acceptors (Lipinski definition) is 19. The zero-order chi connectivity index (χ0) is 50.9. The van der Waals surface area contributed by atoms with Crippen LogP contribution in [0.1, 0.15) is 128 Å². The van der Waals surface area contributed by atoms with Crippen molar-refractivity contribution in [3.8, 4) is 0 Å². The predicted molar refractivity (Wildman–Crippen MR) is 241 cm³/mol. The van der Waals surface area contributed by atoms with Crippen molar-refractivity contribution in [2.45, 2.75) is 249 Å². The van der Waals surface area contributed by atoms with Crippen molar-refractivity contribution in [2.75, 3.05) is 13.2 Å². The molecule has 8 aliphatic rings. The molecule has 0 aromatic heterocycles. The SMILES string of the molecule is CC(=O)O[C@@H]1CO[C@@H](O[C@H]2CC[C@@]3(C)[C@@H]([C@@H](O[C@@H]4O[C@H](CO)[C@@H](O)[C@H](O)[C@H]4O)C[C@H]4[C@]5(C)C[C@H](O)[C@H]([C@@]6(C)CC[C@@H](C(C)(C)O)O6)[C@@]5(C)CC[C@]43C)C2(C)C)[C@H](O[C@@H]2O[C@@H](C)[C@H](O)[C@@H](O)[C@H]2O)[C@H]1O. The second-order valence-electron chi connectivity index (χ2n) is 24.8. The Morgan fingerprint density at radius 2 is 1.28 bits per heavy atom. The van der Waals surface area contributed by atoms with Gasteiger partial charge < -0.3 is 89.0 Å². The maximum Gasteiger partial charge on any atom is 0.303 e. The molecule has 0 amide bonds. The Hall–Kier alpha value is -1.21. The Balaban J connectivity index is 1.15. The molecule has 0 aromatic carbocycles. The van der Waals surface area contributed by atoms with Crippen LogP contribution in [0.3, 0.4) is 0 Å². The van der Waals surface area contributed by atoms with Crippen LogP contribution in [0.25, 0.3) is 0 Å². The van der Waals surface area contributed by atoms with E-state index in [1.165, 1.54) is 13.8 Å². The number of aliphatic hydroxyl groups excluding tert-OH is 9. The third-order valence-electron chi connectivity index (χ3n) is 20.1. The first-order valence-electron chi connectivity index (χ1n) is 25.4. The number of carbonyl (C=O) groups is 1. The highest BCUT2D eigenvalue weighted by molar-refractivity contribution is 5.66. The van der Waals surface area contributed by atoms with Gasteiger partial charge in [-0.05, 0) is 118 Å². The maximum atomic E-state index is 12.4. The van der Waals surface area contributed by atoms with Crippen LogP contribution in [0.5, 0.6) is 0 Å². The van der Waals surface area contributed by atoms with E-state index >= 15 is 0 Å². The number of carbonyl (C=O) groups excluding carboxylic acids is 1. The van der Waals surface area contributed by atoms with E-state index < -0.39 is 150 Å². The van der Waals surface area contributed by atoms with Crippen LogP contribution in [0.4, 0.5) is 0 Å². The van der Waals surface area contributed by atoms with Gasteiger partial charge in [0.1, 0.15) is 54.9 Å². The van der Waals surface area contributed by atoms with Crippen molar-refractivity contribution < 1.29 is 93.8 Å². The molecule has 0 aromatic rings. The molecule has 398 valence electrons. The van der Waals surface area contributed by atoms with E-state index in [4.69, 9.17) is 37.9 Å². The van der Waals surface area contributed by atoms with Gasteiger partial charge in [-0.2, -0.15) is 0 Å². The summed E-state index contributed by atoms with van der Waals surface area (Å²) in [7, 11) is 0. The van der Waals surface area contributed by atoms with E-state index in [-0.39, 0.29) is 35.9 Å². The van der Waals surface area contributed by atoms with E-state index in [0.29, 0.717) is 38.5 Å². The van der Waals surface area contributed by atoms with Crippen LogP contribution in [0.15, 0.2) is 0 Å². The van der Waals surface area contributed by atoms with Gasteiger partial charge >= 0.3 is 5.97 Å². The normalized spacial score (nSPS) is 55.4. The van der Waals surface area contributed by atoms with E-state index in [1.807, 2.05) is 0 Å². The fourth-order valence-corrected chi connectivity index (χ4v) is 16.2. The summed E-state index contributed by atoms with van der Waals surface area (Å²) in [5.74, 6) is -1.38. The second kappa shape index (κ2) is 18.6. The molecule has 19 nitrogen and oxygen atoms in total. The van der Waals surface area contributed by atoms with E-state index in [9.17, 15) is 55.9 Å². The zero-order valence-corrected chi connectivity index (χ0v) is 42.3. The molecule has 8 fully saturated rings. The number of aliphatic hydroxyl groups is 10. The third-order valence-corrected chi connectivity index (χ3v) is 20.1. The summed E-state index contributed by atoms with van der Waals surface area (Å²) in [5.41, 5.74) is -4.39. The number of fused-ring (bicyclic) bond motifs is 5. The van der Waals surface area contributed by atoms with Gasteiger partial charge in [0.05, 0.1) is 54.9 Å². The minimum Gasteiger partial charge on any atom is -0.457 e. The Morgan fingerprint density at radius 3 is 1.88 bits per heavy atom. The lowest BCUT2D eigenvalue weighted by molar-refractivity contribution is -0.373. The highest BCUT2D eigenvalue weighted by Gasteiger charge is 2.77. The van der Waals surface area contributed by atoms with E-state index in [2.05, 4.69) is 48.5 Å². The smallest absolute Gasteiger partial charge is 0.303 e. The van der Waals surface area contributed by atoms with Gasteiger partial charge in [-0.3, -0.25) is 4.79 Å². The minimum absolute atomic E-state index is 0.0751. The summed E-state index contributed by atoms with van der Waals surface area (Å²) in [4.78, 5) is 12.1. The molecule has 0 bridgehead atoms. The lowest BCUT2D eigenvalue weighted by Crippen LogP contribution is -2.71. The van der Waals surface area contributed by atoms with Gasteiger partial charge in [-0.15, -0.1) is 0 Å². The first kappa shape index (κ1) is 54.1. The van der Waals surface area contributed by atoms with Gasteiger partial charge in [-0.25, -0.2) is 0 Å². The Bertz CT molecular complexity index is 1850. The molecule has 4 saturated carbocycles. The van der Waals surface area contributed by atoms with Crippen LogP contribution in [0.2, 0.25) is 0 Å². The molecule has 4 heterocycles. The van der Waals surface area contributed by atoms with E-state index in [0.717, 1.165) is 12.8 Å². The molecular formula is C50H84O19. The average Bonchev–Trinajstić information content (AvgIpc) is 3.77.